The first-order chi connectivity index (χ1) is 7.04. The van der Waals surface area contributed by atoms with Crippen molar-refractivity contribution in [3.8, 4) is 0 Å². The van der Waals surface area contributed by atoms with Crippen LogP contribution in [-0.2, 0) is 0 Å². The molecule has 1 atom stereocenters. The summed E-state index contributed by atoms with van der Waals surface area (Å²) in [6.07, 6.45) is 4.31. The number of nitrogens with zero attached hydrogens (tertiary/aromatic N) is 1. The van der Waals surface area contributed by atoms with Crippen LogP contribution in [0.4, 0.5) is 0 Å². The molecular formula is C12H24N2O. The van der Waals surface area contributed by atoms with Gasteiger partial charge < -0.3 is 10.4 Å². The summed E-state index contributed by atoms with van der Waals surface area (Å²) < 4.78 is 0. The summed E-state index contributed by atoms with van der Waals surface area (Å²) in [6, 6.07) is 0.319. The minimum atomic E-state index is 0.169. The van der Waals surface area contributed by atoms with E-state index < -0.39 is 0 Å². The molecule has 88 valence electrons. The Bertz CT molecular complexity index is 218. The zero-order valence-electron chi connectivity index (χ0n) is 10.2. The molecule has 0 fully saturated rings. The van der Waals surface area contributed by atoms with Crippen LogP contribution in [0.1, 0.15) is 46.5 Å². The molecule has 0 aromatic heterocycles. The molecule has 0 radical (unpaired) electrons. The van der Waals surface area contributed by atoms with Crippen molar-refractivity contribution >= 4 is 5.84 Å². The lowest BCUT2D eigenvalue weighted by Gasteiger charge is -2.33. The molecule has 0 saturated heterocycles. The van der Waals surface area contributed by atoms with Gasteiger partial charge in [-0.25, -0.2) is 0 Å². The Labute approximate surface area is 93.0 Å². The largest absolute Gasteiger partial charge is 0.396 e. The van der Waals surface area contributed by atoms with E-state index in [4.69, 9.17) is 5.11 Å². The van der Waals surface area contributed by atoms with Gasteiger partial charge in [0, 0.05) is 25.6 Å². The number of amidine groups is 1. The Morgan fingerprint density at radius 3 is 2.60 bits per heavy atom. The quantitative estimate of drug-likeness (QED) is 0.751. The molecule has 15 heavy (non-hydrogen) atoms. The van der Waals surface area contributed by atoms with Gasteiger partial charge in [-0.3, -0.25) is 4.99 Å². The van der Waals surface area contributed by atoms with Crippen LogP contribution in [0.3, 0.4) is 0 Å². The maximum atomic E-state index is 9.05. The van der Waals surface area contributed by atoms with Crippen molar-refractivity contribution in [1.82, 2.24) is 5.32 Å². The van der Waals surface area contributed by atoms with Gasteiger partial charge in [0.25, 0.3) is 0 Å². The summed E-state index contributed by atoms with van der Waals surface area (Å²) in [5.41, 5.74) is 0.169. The molecule has 1 rings (SSSR count). The van der Waals surface area contributed by atoms with Crippen LogP contribution in [-0.4, -0.2) is 30.1 Å². The van der Waals surface area contributed by atoms with Crippen molar-refractivity contribution in [2.24, 2.45) is 10.4 Å². The molecule has 0 bridgehead atoms. The van der Waals surface area contributed by atoms with Crippen molar-refractivity contribution in [2.75, 3.05) is 13.2 Å². The van der Waals surface area contributed by atoms with Crippen LogP contribution in [0.25, 0.3) is 0 Å². The minimum absolute atomic E-state index is 0.169. The number of rotatable bonds is 3. The zero-order valence-corrected chi connectivity index (χ0v) is 10.2. The van der Waals surface area contributed by atoms with Crippen LogP contribution < -0.4 is 5.32 Å². The predicted molar refractivity (Wildman–Crippen MR) is 64.2 cm³/mol. The predicted octanol–water partition coefficient (Wildman–Crippen LogP) is 1.96. The molecule has 0 spiro atoms. The molecule has 1 heterocycles. The zero-order chi connectivity index (χ0) is 11.3. The molecule has 3 nitrogen and oxygen atoms in total. The van der Waals surface area contributed by atoms with Gasteiger partial charge in [-0.15, -0.1) is 0 Å². The van der Waals surface area contributed by atoms with E-state index in [1.54, 1.807) is 0 Å². The van der Waals surface area contributed by atoms with E-state index in [9.17, 15) is 0 Å². The Morgan fingerprint density at radius 1 is 1.40 bits per heavy atom. The first kappa shape index (κ1) is 12.5. The highest BCUT2D eigenvalue weighted by Gasteiger charge is 2.25. The lowest BCUT2D eigenvalue weighted by molar-refractivity contribution is 0.212. The summed E-state index contributed by atoms with van der Waals surface area (Å²) >= 11 is 0. The monoisotopic (exact) mass is 212 g/mol. The molecule has 0 aromatic rings. The lowest BCUT2D eigenvalue weighted by atomic mass is 9.84. The van der Waals surface area contributed by atoms with Gasteiger partial charge in [0.05, 0.1) is 5.84 Å². The number of hydrogen-bond donors (Lipinski definition) is 2. The molecule has 0 aromatic carbocycles. The van der Waals surface area contributed by atoms with Crippen molar-refractivity contribution in [1.29, 1.82) is 0 Å². The van der Waals surface area contributed by atoms with E-state index >= 15 is 0 Å². The van der Waals surface area contributed by atoms with Crippen molar-refractivity contribution in [3.63, 3.8) is 0 Å². The molecule has 1 aliphatic rings. The third-order valence-electron chi connectivity index (χ3n) is 2.93. The standard InChI is InChI=1S/C12H24N2O/c1-12(2,3)10(7-9-15)14-11-6-4-5-8-13-11/h10,15H,4-9H2,1-3H3,(H,13,14). The molecule has 0 saturated carbocycles. The Hall–Kier alpha value is -0.570. The highest BCUT2D eigenvalue weighted by molar-refractivity contribution is 5.82. The third kappa shape index (κ3) is 4.20. The number of aliphatic hydroxyl groups is 1. The maximum absolute atomic E-state index is 9.05. The Balaban J connectivity index is 2.53. The third-order valence-corrected chi connectivity index (χ3v) is 2.93. The SMILES string of the molecule is CC(C)(C)C(CCO)NC1=NCCCC1. The number of aliphatic hydroxyl groups excluding tert-OH is 1. The van der Waals surface area contributed by atoms with Crippen LogP contribution in [0.5, 0.6) is 0 Å². The van der Waals surface area contributed by atoms with Crippen LogP contribution >= 0.6 is 0 Å². The molecule has 1 aliphatic heterocycles. The lowest BCUT2D eigenvalue weighted by Crippen LogP contribution is -2.44. The fourth-order valence-electron chi connectivity index (χ4n) is 1.87. The first-order valence-corrected chi connectivity index (χ1v) is 5.95. The highest BCUT2D eigenvalue weighted by atomic mass is 16.3. The minimum Gasteiger partial charge on any atom is -0.396 e. The highest BCUT2D eigenvalue weighted by Crippen LogP contribution is 2.22. The van der Waals surface area contributed by atoms with Crippen LogP contribution in [0.15, 0.2) is 4.99 Å². The molecule has 0 aliphatic carbocycles. The van der Waals surface area contributed by atoms with Gasteiger partial charge in [-0.05, 0) is 24.7 Å². The van der Waals surface area contributed by atoms with Gasteiger partial charge >= 0.3 is 0 Å². The van der Waals surface area contributed by atoms with E-state index in [1.807, 2.05) is 0 Å². The van der Waals surface area contributed by atoms with Gasteiger partial charge in [0.2, 0.25) is 0 Å². The smallest absolute Gasteiger partial charge is 0.0965 e. The summed E-state index contributed by atoms with van der Waals surface area (Å²) in [5.74, 6) is 1.13. The van der Waals surface area contributed by atoms with E-state index in [-0.39, 0.29) is 12.0 Å². The number of nitrogens with one attached hydrogen (secondary N) is 1. The molecule has 3 heteroatoms. The average molecular weight is 212 g/mol. The molecule has 0 amide bonds. The van der Waals surface area contributed by atoms with Crippen molar-refractivity contribution in [3.05, 3.63) is 0 Å². The summed E-state index contributed by atoms with van der Waals surface area (Å²) in [5, 5.41) is 12.5. The first-order valence-electron chi connectivity index (χ1n) is 5.95. The molecule has 1 unspecified atom stereocenters. The summed E-state index contributed by atoms with van der Waals surface area (Å²) in [6.45, 7) is 7.79. The Morgan fingerprint density at radius 2 is 2.13 bits per heavy atom. The second-order valence-corrected chi connectivity index (χ2v) is 5.36. The van der Waals surface area contributed by atoms with Crippen molar-refractivity contribution < 1.29 is 5.11 Å². The van der Waals surface area contributed by atoms with E-state index in [2.05, 4.69) is 31.1 Å². The van der Waals surface area contributed by atoms with E-state index in [0.717, 1.165) is 25.2 Å². The maximum Gasteiger partial charge on any atom is 0.0965 e. The average Bonchev–Trinajstić information content (AvgIpc) is 2.17. The fraction of sp³-hybridized carbons (Fsp3) is 0.917. The van der Waals surface area contributed by atoms with Crippen LogP contribution in [0, 0.1) is 5.41 Å². The number of hydrogen-bond acceptors (Lipinski definition) is 3. The molecular weight excluding hydrogens is 188 g/mol. The van der Waals surface area contributed by atoms with E-state index in [1.165, 1.54) is 12.8 Å². The summed E-state index contributed by atoms with van der Waals surface area (Å²) in [7, 11) is 0. The summed E-state index contributed by atoms with van der Waals surface area (Å²) in [4.78, 5) is 4.49. The van der Waals surface area contributed by atoms with Gasteiger partial charge in [0.1, 0.15) is 0 Å². The van der Waals surface area contributed by atoms with E-state index in [0.29, 0.717) is 6.04 Å². The van der Waals surface area contributed by atoms with Gasteiger partial charge in [0.15, 0.2) is 0 Å². The van der Waals surface area contributed by atoms with Crippen molar-refractivity contribution in [2.45, 2.75) is 52.5 Å². The normalized spacial score (nSPS) is 19.6. The molecule has 2 N–H and O–H groups in total. The number of aliphatic imine (C=N–C) groups is 1. The fourth-order valence-corrected chi connectivity index (χ4v) is 1.87. The second kappa shape index (κ2) is 5.50. The Kier molecular flexibility index (Phi) is 4.58. The van der Waals surface area contributed by atoms with Gasteiger partial charge in [-0.2, -0.15) is 0 Å². The second-order valence-electron chi connectivity index (χ2n) is 5.36. The van der Waals surface area contributed by atoms with Crippen LogP contribution in [0.2, 0.25) is 0 Å². The topological polar surface area (TPSA) is 44.6 Å². The van der Waals surface area contributed by atoms with Gasteiger partial charge in [-0.1, -0.05) is 20.8 Å².